The molecular weight excluding hydrogens is 269 g/mol. The van der Waals surface area contributed by atoms with E-state index in [0.717, 1.165) is 11.3 Å². The van der Waals surface area contributed by atoms with Crippen LogP contribution in [0.2, 0.25) is 5.02 Å². The smallest absolute Gasteiger partial charge is 0.124 e. The number of rotatable bonds is 4. The zero-order valence-corrected chi connectivity index (χ0v) is 11.5. The van der Waals surface area contributed by atoms with Crippen molar-refractivity contribution in [2.24, 2.45) is 0 Å². The highest BCUT2D eigenvalue weighted by Gasteiger charge is 2.01. The summed E-state index contributed by atoms with van der Waals surface area (Å²) < 4.78 is 12.9. The molecule has 0 aliphatic carbocycles. The fourth-order valence-corrected chi connectivity index (χ4v) is 2.21. The van der Waals surface area contributed by atoms with E-state index in [1.807, 2.05) is 18.4 Å². The molecular formula is C14H13ClFNS. The van der Waals surface area contributed by atoms with Gasteiger partial charge in [-0.2, -0.15) is 0 Å². The van der Waals surface area contributed by atoms with Gasteiger partial charge in [0, 0.05) is 22.2 Å². The van der Waals surface area contributed by atoms with Crippen LogP contribution >= 0.6 is 23.4 Å². The number of hydrogen-bond acceptors (Lipinski definition) is 2. The number of thioether (sulfide) groups is 1. The second-order valence-corrected chi connectivity index (χ2v) is 5.10. The zero-order valence-electron chi connectivity index (χ0n) is 9.91. The van der Waals surface area contributed by atoms with Gasteiger partial charge in [-0.25, -0.2) is 4.39 Å². The fraction of sp³-hybridized carbons (Fsp3) is 0.143. The van der Waals surface area contributed by atoms with E-state index in [0.29, 0.717) is 11.6 Å². The lowest BCUT2D eigenvalue weighted by molar-refractivity contribution is 0.627. The van der Waals surface area contributed by atoms with E-state index in [1.165, 1.54) is 17.0 Å². The van der Waals surface area contributed by atoms with E-state index in [9.17, 15) is 4.39 Å². The Labute approximate surface area is 115 Å². The Morgan fingerprint density at radius 2 is 1.89 bits per heavy atom. The molecule has 0 radical (unpaired) electrons. The van der Waals surface area contributed by atoms with Crippen LogP contribution in [0, 0.1) is 5.82 Å². The van der Waals surface area contributed by atoms with E-state index < -0.39 is 0 Å². The van der Waals surface area contributed by atoms with Gasteiger partial charge < -0.3 is 5.32 Å². The van der Waals surface area contributed by atoms with Crippen molar-refractivity contribution in [2.75, 3.05) is 11.6 Å². The van der Waals surface area contributed by atoms with Gasteiger partial charge in [-0.3, -0.25) is 0 Å². The maximum absolute atomic E-state index is 12.9. The maximum atomic E-state index is 12.9. The maximum Gasteiger partial charge on any atom is 0.124 e. The fourth-order valence-electron chi connectivity index (χ4n) is 1.57. The average Bonchev–Trinajstić information content (AvgIpc) is 2.38. The van der Waals surface area contributed by atoms with Gasteiger partial charge in [0.15, 0.2) is 0 Å². The Kier molecular flexibility index (Phi) is 4.50. The Morgan fingerprint density at radius 3 is 2.50 bits per heavy atom. The van der Waals surface area contributed by atoms with E-state index in [2.05, 4.69) is 17.4 Å². The number of hydrogen-bond donors (Lipinski definition) is 1. The molecule has 0 unspecified atom stereocenters. The normalized spacial score (nSPS) is 10.4. The van der Waals surface area contributed by atoms with Crippen LogP contribution < -0.4 is 5.32 Å². The van der Waals surface area contributed by atoms with E-state index in [4.69, 9.17) is 11.6 Å². The minimum atomic E-state index is -0.312. The Balaban J connectivity index is 2.02. The van der Waals surface area contributed by atoms with Crippen LogP contribution in [0.15, 0.2) is 47.4 Å². The average molecular weight is 282 g/mol. The molecule has 4 heteroatoms. The molecule has 2 aromatic carbocycles. The minimum absolute atomic E-state index is 0.312. The Bertz CT molecular complexity index is 528. The topological polar surface area (TPSA) is 12.0 Å². The summed E-state index contributed by atoms with van der Waals surface area (Å²) in [6, 6.07) is 12.6. The Morgan fingerprint density at radius 1 is 1.17 bits per heavy atom. The number of benzene rings is 2. The molecule has 0 atom stereocenters. The van der Waals surface area contributed by atoms with Gasteiger partial charge in [0.1, 0.15) is 5.82 Å². The first kappa shape index (κ1) is 13.2. The zero-order chi connectivity index (χ0) is 13.0. The lowest BCUT2D eigenvalue weighted by Gasteiger charge is -2.08. The van der Waals surface area contributed by atoms with Crippen LogP contribution in [0.3, 0.4) is 0 Å². The monoisotopic (exact) mass is 281 g/mol. The second-order valence-electron chi connectivity index (χ2n) is 3.82. The highest BCUT2D eigenvalue weighted by atomic mass is 35.5. The molecule has 0 bridgehead atoms. The van der Waals surface area contributed by atoms with Crippen LogP contribution in [0.1, 0.15) is 5.56 Å². The third kappa shape index (κ3) is 3.40. The molecule has 0 spiro atoms. The summed E-state index contributed by atoms with van der Waals surface area (Å²) in [7, 11) is 0. The molecule has 0 aliphatic heterocycles. The lowest BCUT2D eigenvalue weighted by atomic mass is 10.2. The molecule has 2 rings (SSSR count). The van der Waals surface area contributed by atoms with E-state index >= 15 is 0 Å². The largest absolute Gasteiger partial charge is 0.381 e. The van der Waals surface area contributed by atoms with Crippen molar-refractivity contribution >= 4 is 29.1 Å². The van der Waals surface area contributed by atoms with Gasteiger partial charge in [-0.15, -0.1) is 11.8 Å². The standard InChI is InChI=1S/C14H13ClFNS/c1-18-13-6-4-12(5-7-13)17-9-10-2-3-11(16)8-14(10)15/h2-8,17H,9H2,1H3. The summed E-state index contributed by atoms with van der Waals surface area (Å²) in [5, 5.41) is 3.70. The predicted octanol–water partition coefficient (Wildman–Crippen LogP) is 4.81. The van der Waals surface area contributed by atoms with Crippen molar-refractivity contribution in [3.63, 3.8) is 0 Å². The van der Waals surface area contributed by atoms with Crippen LogP contribution in [-0.4, -0.2) is 6.26 Å². The van der Waals surface area contributed by atoms with Crippen molar-refractivity contribution in [3.05, 3.63) is 58.9 Å². The second kappa shape index (κ2) is 6.12. The summed E-state index contributed by atoms with van der Waals surface area (Å²) in [4.78, 5) is 1.22. The molecule has 0 saturated heterocycles. The molecule has 0 heterocycles. The highest BCUT2D eigenvalue weighted by molar-refractivity contribution is 7.98. The molecule has 1 nitrogen and oxygen atoms in total. The first-order chi connectivity index (χ1) is 8.69. The van der Waals surface area contributed by atoms with Gasteiger partial charge in [0.05, 0.1) is 0 Å². The number of halogens is 2. The van der Waals surface area contributed by atoms with Gasteiger partial charge in [-0.05, 0) is 48.2 Å². The molecule has 0 saturated carbocycles. The summed E-state index contributed by atoms with van der Waals surface area (Å²) in [6.07, 6.45) is 2.04. The third-order valence-electron chi connectivity index (χ3n) is 2.59. The van der Waals surface area contributed by atoms with E-state index in [1.54, 1.807) is 17.8 Å². The SMILES string of the molecule is CSc1ccc(NCc2ccc(F)cc2Cl)cc1. The first-order valence-electron chi connectivity index (χ1n) is 5.51. The lowest BCUT2D eigenvalue weighted by Crippen LogP contribution is -2.00. The molecule has 18 heavy (non-hydrogen) atoms. The third-order valence-corrected chi connectivity index (χ3v) is 3.68. The molecule has 1 N–H and O–H groups in total. The highest BCUT2D eigenvalue weighted by Crippen LogP contribution is 2.20. The van der Waals surface area contributed by atoms with Crippen LogP contribution in [0.5, 0.6) is 0 Å². The van der Waals surface area contributed by atoms with Crippen molar-refractivity contribution in [3.8, 4) is 0 Å². The Hall–Kier alpha value is -1.19. The number of nitrogens with one attached hydrogen (secondary N) is 1. The molecule has 0 aromatic heterocycles. The summed E-state index contributed by atoms with van der Waals surface area (Å²) in [6.45, 7) is 0.581. The van der Waals surface area contributed by atoms with Crippen LogP contribution in [-0.2, 0) is 6.54 Å². The van der Waals surface area contributed by atoms with Crippen molar-refractivity contribution < 1.29 is 4.39 Å². The van der Waals surface area contributed by atoms with Crippen molar-refractivity contribution in [1.29, 1.82) is 0 Å². The van der Waals surface area contributed by atoms with Crippen LogP contribution in [0.25, 0.3) is 0 Å². The quantitative estimate of drug-likeness (QED) is 0.807. The van der Waals surface area contributed by atoms with Crippen molar-refractivity contribution in [2.45, 2.75) is 11.4 Å². The molecule has 2 aromatic rings. The predicted molar refractivity (Wildman–Crippen MR) is 77.0 cm³/mol. The van der Waals surface area contributed by atoms with Gasteiger partial charge >= 0.3 is 0 Å². The minimum Gasteiger partial charge on any atom is -0.381 e. The van der Waals surface area contributed by atoms with Crippen LogP contribution in [0.4, 0.5) is 10.1 Å². The van der Waals surface area contributed by atoms with E-state index in [-0.39, 0.29) is 5.82 Å². The van der Waals surface area contributed by atoms with Crippen molar-refractivity contribution in [1.82, 2.24) is 0 Å². The molecule has 0 fully saturated rings. The summed E-state index contributed by atoms with van der Waals surface area (Å²) in [5.41, 5.74) is 1.90. The number of anilines is 1. The van der Waals surface area contributed by atoms with Gasteiger partial charge in [0.25, 0.3) is 0 Å². The molecule has 94 valence electrons. The molecule has 0 amide bonds. The summed E-state index contributed by atoms with van der Waals surface area (Å²) in [5.74, 6) is -0.312. The molecule has 0 aliphatic rings. The van der Waals surface area contributed by atoms with Gasteiger partial charge in [-0.1, -0.05) is 17.7 Å². The van der Waals surface area contributed by atoms with Gasteiger partial charge in [0.2, 0.25) is 0 Å². The summed E-state index contributed by atoms with van der Waals surface area (Å²) >= 11 is 7.67. The first-order valence-corrected chi connectivity index (χ1v) is 7.11.